The third kappa shape index (κ3) is 1.49. The van der Waals surface area contributed by atoms with E-state index in [2.05, 4.69) is 19.8 Å². The molecule has 42 valence electrons. The van der Waals surface area contributed by atoms with Crippen molar-refractivity contribution in [2.24, 2.45) is 0 Å². The zero-order valence-corrected chi connectivity index (χ0v) is 6.45. The molecule has 0 saturated carbocycles. The SMILES string of the molecule is BrSc1ccccn1. The first-order chi connectivity index (χ1) is 3.93. The van der Waals surface area contributed by atoms with E-state index in [0.717, 1.165) is 5.03 Å². The van der Waals surface area contributed by atoms with Crippen molar-refractivity contribution in [3.8, 4) is 0 Å². The Morgan fingerprint density at radius 1 is 1.50 bits per heavy atom. The number of pyridine rings is 1. The van der Waals surface area contributed by atoms with E-state index < -0.39 is 0 Å². The minimum atomic E-state index is 0.993. The van der Waals surface area contributed by atoms with Crippen LogP contribution in [0.1, 0.15) is 0 Å². The average molecular weight is 190 g/mol. The van der Waals surface area contributed by atoms with E-state index in [-0.39, 0.29) is 0 Å². The largest absolute Gasteiger partial charge is 0.249 e. The van der Waals surface area contributed by atoms with Crippen LogP contribution in [-0.2, 0) is 0 Å². The normalized spacial score (nSPS) is 9.12. The van der Waals surface area contributed by atoms with Gasteiger partial charge in [-0.15, -0.1) is 0 Å². The Kier molecular flexibility index (Phi) is 2.36. The van der Waals surface area contributed by atoms with Crippen LogP contribution in [0.2, 0.25) is 0 Å². The van der Waals surface area contributed by atoms with E-state index in [1.807, 2.05) is 18.2 Å². The molecule has 8 heavy (non-hydrogen) atoms. The quantitative estimate of drug-likeness (QED) is 0.674. The molecule has 0 spiro atoms. The molecule has 0 atom stereocenters. The Labute approximate surface area is 59.7 Å². The van der Waals surface area contributed by atoms with Gasteiger partial charge in [-0.25, -0.2) is 4.98 Å². The van der Waals surface area contributed by atoms with E-state index in [4.69, 9.17) is 0 Å². The Morgan fingerprint density at radius 2 is 2.38 bits per heavy atom. The molecule has 0 aliphatic rings. The van der Waals surface area contributed by atoms with Crippen molar-refractivity contribution in [2.75, 3.05) is 0 Å². The maximum atomic E-state index is 4.01. The van der Waals surface area contributed by atoms with Gasteiger partial charge >= 0.3 is 0 Å². The maximum Gasteiger partial charge on any atom is 0.107 e. The second kappa shape index (κ2) is 3.10. The average Bonchev–Trinajstić information content (AvgIpc) is 1.90. The highest BCUT2D eigenvalue weighted by atomic mass is 79.9. The van der Waals surface area contributed by atoms with Crippen molar-refractivity contribution in [3.05, 3.63) is 24.4 Å². The van der Waals surface area contributed by atoms with Gasteiger partial charge in [0.05, 0.1) is 0 Å². The highest BCUT2D eigenvalue weighted by Gasteiger charge is 1.84. The van der Waals surface area contributed by atoms with Gasteiger partial charge in [0.25, 0.3) is 0 Å². The summed E-state index contributed by atoms with van der Waals surface area (Å²) < 4.78 is 0. The summed E-state index contributed by atoms with van der Waals surface area (Å²) in [6.07, 6.45) is 1.77. The minimum Gasteiger partial charge on any atom is -0.249 e. The van der Waals surface area contributed by atoms with Crippen LogP contribution in [0.15, 0.2) is 29.4 Å². The third-order valence-electron chi connectivity index (χ3n) is 0.717. The van der Waals surface area contributed by atoms with Crippen molar-refractivity contribution in [1.82, 2.24) is 4.98 Å². The predicted octanol–water partition coefficient (Wildman–Crippen LogP) is 2.48. The second-order valence-electron chi connectivity index (χ2n) is 1.25. The van der Waals surface area contributed by atoms with Crippen LogP contribution >= 0.6 is 25.0 Å². The van der Waals surface area contributed by atoms with Gasteiger partial charge in [-0.1, -0.05) is 6.07 Å². The molecule has 0 aliphatic carbocycles. The lowest BCUT2D eigenvalue weighted by molar-refractivity contribution is 1.14. The molecule has 0 bridgehead atoms. The Hall–Kier alpha value is -0.0200. The first-order valence-corrected chi connectivity index (χ1v) is 4.79. The summed E-state index contributed by atoms with van der Waals surface area (Å²) in [6.45, 7) is 0. The number of rotatable bonds is 1. The van der Waals surface area contributed by atoms with Gasteiger partial charge in [0.2, 0.25) is 0 Å². The summed E-state index contributed by atoms with van der Waals surface area (Å²) in [5.74, 6) is 0. The summed E-state index contributed by atoms with van der Waals surface area (Å²) in [7, 11) is 1.47. The number of halogens is 1. The van der Waals surface area contributed by atoms with Crippen LogP contribution in [0, 0.1) is 0 Å². The van der Waals surface area contributed by atoms with Gasteiger partial charge in [-0.05, 0) is 37.1 Å². The monoisotopic (exact) mass is 189 g/mol. The molecule has 3 heteroatoms. The number of hydrogen-bond donors (Lipinski definition) is 0. The summed E-state index contributed by atoms with van der Waals surface area (Å²) in [6, 6.07) is 5.79. The first-order valence-electron chi connectivity index (χ1n) is 2.13. The Balaban J connectivity index is 2.83. The fraction of sp³-hybridized carbons (Fsp3) is 0. The lowest BCUT2D eigenvalue weighted by Gasteiger charge is -1.86. The van der Waals surface area contributed by atoms with E-state index in [9.17, 15) is 0 Å². The summed E-state index contributed by atoms with van der Waals surface area (Å²) in [5.41, 5.74) is 0. The molecule has 0 radical (unpaired) electrons. The van der Waals surface area contributed by atoms with E-state index in [1.165, 1.54) is 10.2 Å². The van der Waals surface area contributed by atoms with Crippen molar-refractivity contribution >= 4 is 25.0 Å². The fourth-order valence-corrected chi connectivity index (χ4v) is 1.20. The molecule has 0 saturated heterocycles. The molecule has 1 rings (SSSR count). The smallest absolute Gasteiger partial charge is 0.107 e. The number of nitrogens with zero attached hydrogens (tertiary/aromatic N) is 1. The third-order valence-corrected chi connectivity index (χ3v) is 2.11. The summed E-state index contributed by atoms with van der Waals surface area (Å²) in [4.78, 5) is 4.01. The number of hydrogen-bond acceptors (Lipinski definition) is 2. The lowest BCUT2D eigenvalue weighted by Crippen LogP contribution is -1.69. The Morgan fingerprint density at radius 3 is 2.75 bits per heavy atom. The molecule has 1 aromatic rings. The zero-order chi connectivity index (χ0) is 5.82. The van der Waals surface area contributed by atoms with Gasteiger partial charge in [0.1, 0.15) is 5.03 Å². The molecule has 0 aromatic carbocycles. The van der Waals surface area contributed by atoms with Crippen LogP contribution in [0.3, 0.4) is 0 Å². The molecular formula is C5H4BrNS. The van der Waals surface area contributed by atoms with Crippen molar-refractivity contribution < 1.29 is 0 Å². The highest BCUT2D eigenvalue weighted by Crippen LogP contribution is 2.20. The van der Waals surface area contributed by atoms with Crippen LogP contribution in [0.5, 0.6) is 0 Å². The van der Waals surface area contributed by atoms with Gasteiger partial charge in [0, 0.05) is 6.20 Å². The topological polar surface area (TPSA) is 12.9 Å². The first kappa shape index (κ1) is 6.11. The molecule has 0 N–H and O–H groups in total. The van der Waals surface area contributed by atoms with E-state index >= 15 is 0 Å². The lowest BCUT2D eigenvalue weighted by atomic mass is 10.5. The van der Waals surface area contributed by atoms with Gasteiger partial charge < -0.3 is 0 Å². The van der Waals surface area contributed by atoms with Gasteiger partial charge in [0.15, 0.2) is 0 Å². The minimum absolute atomic E-state index is 0.993. The molecule has 1 aromatic heterocycles. The van der Waals surface area contributed by atoms with Crippen molar-refractivity contribution in [3.63, 3.8) is 0 Å². The van der Waals surface area contributed by atoms with Crippen LogP contribution < -0.4 is 0 Å². The zero-order valence-electron chi connectivity index (χ0n) is 4.04. The second-order valence-corrected chi connectivity index (χ2v) is 2.79. The molecule has 0 aliphatic heterocycles. The summed E-state index contributed by atoms with van der Waals surface area (Å²) >= 11 is 3.21. The van der Waals surface area contributed by atoms with Gasteiger partial charge in [-0.3, -0.25) is 0 Å². The van der Waals surface area contributed by atoms with Crippen molar-refractivity contribution in [1.29, 1.82) is 0 Å². The molecule has 1 heterocycles. The Bertz CT molecular complexity index is 154. The fourth-order valence-electron chi connectivity index (χ4n) is 0.393. The standard InChI is InChI=1S/C5H4BrNS/c6-8-5-3-1-2-4-7-5/h1-4H. The predicted molar refractivity (Wildman–Crippen MR) is 39.0 cm³/mol. The molecule has 0 amide bonds. The molecule has 0 fully saturated rings. The van der Waals surface area contributed by atoms with E-state index in [0.29, 0.717) is 0 Å². The highest BCUT2D eigenvalue weighted by molar-refractivity contribution is 9.50. The summed E-state index contributed by atoms with van der Waals surface area (Å²) in [5, 5.41) is 0.993. The van der Waals surface area contributed by atoms with Gasteiger partial charge in [-0.2, -0.15) is 0 Å². The van der Waals surface area contributed by atoms with Crippen LogP contribution in [-0.4, -0.2) is 4.98 Å². The van der Waals surface area contributed by atoms with Crippen LogP contribution in [0.25, 0.3) is 0 Å². The van der Waals surface area contributed by atoms with Crippen LogP contribution in [0.4, 0.5) is 0 Å². The molecule has 0 unspecified atom stereocenters. The maximum absolute atomic E-state index is 4.01. The van der Waals surface area contributed by atoms with Crippen molar-refractivity contribution in [2.45, 2.75) is 5.03 Å². The molecule has 1 nitrogen and oxygen atoms in total. The van der Waals surface area contributed by atoms with E-state index in [1.54, 1.807) is 6.20 Å². The molecular weight excluding hydrogens is 186 g/mol. The number of aromatic nitrogens is 1.